The molecule has 0 bridgehead atoms. The first-order chi connectivity index (χ1) is 10.2. The van der Waals surface area contributed by atoms with Crippen LogP contribution in [-0.2, 0) is 4.79 Å². The molecule has 2 aliphatic heterocycles. The molecule has 2 aliphatic rings. The fourth-order valence-electron chi connectivity index (χ4n) is 2.93. The van der Waals surface area contributed by atoms with Crippen LogP contribution < -0.4 is 10.6 Å². The molecule has 0 aliphatic carbocycles. The lowest BCUT2D eigenvalue weighted by molar-refractivity contribution is -0.131. The van der Waals surface area contributed by atoms with Crippen LogP contribution in [-0.4, -0.2) is 71.5 Å². The molecule has 2 saturated heterocycles. The van der Waals surface area contributed by atoms with E-state index in [9.17, 15) is 4.79 Å². The number of hydrogen-bond donors (Lipinski definition) is 1. The zero-order chi connectivity index (χ0) is 14.7. The molecule has 0 unspecified atom stereocenters. The second-order valence-corrected chi connectivity index (χ2v) is 5.65. The first-order valence-electron chi connectivity index (χ1n) is 7.55. The van der Waals surface area contributed by atoms with E-state index in [-0.39, 0.29) is 5.91 Å². The van der Waals surface area contributed by atoms with Crippen LogP contribution in [0.2, 0.25) is 0 Å². The molecule has 0 aromatic carbocycles. The SMILES string of the molecule is Nc1cc(N2CCN(CC(=O)N3CCCC3)CC2)ncn1. The number of rotatable bonds is 3. The Balaban J connectivity index is 1.49. The van der Waals surface area contributed by atoms with Gasteiger partial charge in [0.2, 0.25) is 5.91 Å². The third-order valence-corrected chi connectivity index (χ3v) is 4.19. The van der Waals surface area contributed by atoms with Gasteiger partial charge in [0.05, 0.1) is 6.54 Å². The Kier molecular flexibility index (Phi) is 4.19. The van der Waals surface area contributed by atoms with Crippen LogP contribution in [0.5, 0.6) is 0 Å². The number of hydrogen-bond acceptors (Lipinski definition) is 6. The number of piperazine rings is 1. The van der Waals surface area contributed by atoms with Gasteiger partial charge in [-0.25, -0.2) is 9.97 Å². The smallest absolute Gasteiger partial charge is 0.236 e. The van der Waals surface area contributed by atoms with Crippen molar-refractivity contribution in [1.29, 1.82) is 0 Å². The summed E-state index contributed by atoms with van der Waals surface area (Å²) in [6.07, 6.45) is 3.79. The third-order valence-electron chi connectivity index (χ3n) is 4.19. The zero-order valence-electron chi connectivity index (χ0n) is 12.2. The van der Waals surface area contributed by atoms with Crippen molar-refractivity contribution in [3.8, 4) is 0 Å². The molecule has 3 heterocycles. The summed E-state index contributed by atoms with van der Waals surface area (Å²) in [6.45, 7) is 5.89. The van der Waals surface area contributed by atoms with Crippen molar-refractivity contribution in [2.45, 2.75) is 12.8 Å². The van der Waals surface area contributed by atoms with E-state index in [2.05, 4.69) is 19.8 Å². The summed E-state index contributed by atoms with van der Waals surface area (Å²) in [7, 11) is 0. The lowest BCUT2D eigenvalue weighted by atomic mass is 10.3. The van der Waals surface area contributed by atoms with E-state index in [0.29, 0.717) is 12.4 Å². The third kappa shape index (κ3) is 3.41. The lowest BCUT2D eigenvalue weighted by Crippen LogP contribution is -2.50. The van der Waals surface area contributed by atoms with Gasteiger partial charge in [-0.1, -0.05) is 0 Å². The van der Waals surface area contributed by atoms with Gasteiger partial charge >= 0.3 is 0 Å². The van der Waals surface area contributed by atoms with Gasteiger partial charge in [-0.05, 0) is 12.8 Å². The molecule has 1 aromatic heterocycles. The topological polar surface area (TPSA) is 78.6 Å². The number of likely N-dealkylation sites (tertiary alicyclic amines) is 1. The number of anilines is 2. The fraction of sp³-hybridized carbons (Fsp3) is 0.643. The molecular weight excluding hydrogens is 268 g/mol. The normalized spacial score (nSPS) is 20.0. The van der Waals surface area contributed by atoms with Gasteiger partial charge in [0.25, 0.3) is 0 Å². The van der Waals surface area contributed by atoms with Gasteiger partial charge in [-0.2, -0.15) is 0 Å². The highest BCUT2D eigenvalue weighted by atomic mass is 16.2. The first-order valence-corrected chi connectivity index (χ1v) is 7.55. The summed E-state index contributed by atoms with van der Waals surface area (Å²) < 4.78 is 0. The molecule has 2 N–H and O–H groups in total. The number of carbonyl (C=O) groups excluding carboxylic acids is 1. The molecule has 2 fully saturated rings. The highest BCUT2D eigenvalue weighted by molar-refractivity contribution is 5.78. The summed E-state index contributed by atoms with van der Waals surface area (Å²) in [6, 6.07) is 1.80. The van der Waals surface area contributed by atoms with E-state index < -0.39 is 0 Å². The number of aromatic nitrogens is 2. The predicted octanol–water partition coefficient (Wildman–Crippen LogP) is -0.197. The summed E-state index contributed by atoms with van der Waals surface area (Å²) >= 11 is 0. The Bertz CT molecular complexity index is 494. The van der Waals surface area contributed by atoms with Crippen molar-refractivity contribution in [1.82, 2.24) is 19.8 Å². The molecule has 0 spiro atoms. The van der Waals surface area contributed by atoms with Crippen molar-refractivity contribution in [2.24, 2.45) is 0 Å². The number of carbonyl (C=O) groups is 1. The maximum atomic E-state index is 12.1. The van der Waals surface area contributed by atoms with Crippen LogP contribution in [0.15, 0.2) is 12.4 Å². The Labute approximate surface area is 124 Å². The monoisotopic (exact) mass is 290 g/mol. The summed E-state index contributed by atoms with van der Waals surface area (Å²) in [5, 5.41) is 0. The van der Waals surface area contributed by atoms with Crippen LogP contribution in [0.4, 0.5) is 11.6 Å². The molecule has 3 rings (SSSR count). The quantitative estimate of drug-likeness (QED) is 0.831. The Morgan fingerprint density at radius 2 is 1.81 bits per heavy atom. The van der Waals surface area contributed by atoms with Crippen LogP contribution in [0, 0.1) is 0 Å². The van der Waals surface area contributed by atoms with Crippen molar-refractivity contribution in [3.63, 3.8) is 0 Å². The van der Waals surface area contributed by atoms with Crippen molar-refractivity contribution in [3.05, 3.63) is 12.4 Å². The van der Waals surface area contributed by atoms with E-state index in [1.165, 1.54) is 6.33 Å². The lowest BCUT2D eigenvalue weighted by Gasteiger charge is -2.35. The highest BCUT2D eigenvalue weighted by Gasteiger charge is 2.23. The number of nitrogens with two attached hydrogens (primary N) is 1. The van der Waals surface area contributed by atoms with Crippen molar-refractivity contribution >= 4 is 17.5 Å². The van der Waals surface area contributed by atoms with Gasteiger partial charge in [0.1, 0.15) is 18.0 Å². The van der Waals surface area contributed by atoms with E-state index in [0.717, 1.165) is 57.9 Å². The Morgan fingerprint density at radius 3 is 2.48 bits per heavy atom. The maximum absolute atomic E-state index is 12.1. The van der Waals surface area contributed by atoms with Gasteiger partial charge in [0.15, 0.2) is 0 Å². The van der Waals surface area contributed by atoms with Crippen LogP contribution in [0.1, 0.15) is 12.8 Å². The number of nitrogens with zero attached hydrogens (tertiary/aromatic N) is 5. The Hall–Kier alpha value is -1.89. The Morgan fingerprint density at radius 1 is 1.10 bits per heavy atom. The average molecular weight is 290 g/mol. The minimum absolute atomic E-state index is 0.271. The first kappa shape index (κ1) is 14.1. The molecule has 7 heteroatoms. The molecule has 21 heavy (non-hydrogen) atoms. The summed E-state index contributed by atoms with van der Waals surface area (Å²) in [4.78, 5) is 26.7. The van der Waals surface area contributed by atoms with Crippen molar-refractivity contribution in [2.75, 3.05) is 56.4 Å². The molecule has 0 saturated carbocycles. The van der Waals surface area contributed by atoms with Crippen molar-refractivity contribution < 1.29 is 4.79 Å². The van der Waals surface area contributed by atoms with Crippen LogP contribution in [0.25, 0.3) is 0 Å². The predicted molar refractivity (Wildman–Crippen MR) is 80.9 cm³/mol. The van der Waals surface area contributed by atoms with E-state index >= 15 is 0 Å². The van der Waals surface area contributed by atoms with E-state index in [1.807, 2.05) is 4.90 Å². The van der Waals surface area contributed by atoms with Gasteiger partial charge in [-0.3, -0.25) is 9.69 Å². The largest absolute Gasteiger partial charge is 0.384 e. The van der Waals surface area contributed by atoms with E-state index in [4.69, 9.17) is 5.73 Å². The van der Waals surface area contributed by atoms with Crippen LogP contribution in [0.3, 0.4) is 0 Å². The fourth-order valence-corrected chi connectivity index (χ4v) is 2.93. The molecule has 1 amide bonds. The summed E-state index contributed by atoms with van der Waals surface area (Å²) in [5.41, 5.74) is 5.69. The molecule has 7 nitrogen and oxygen atoms in total. The summed E-state index contributed by atoms with van der Waals surface area (Å²) in [5.74, 6) is 1.63. The molecule has 0 atom stereocenters. The number of nitrogen functional groups attached to an aromatic ring is 1. The standard InChI is InChI=1S/C14H22N6O/c15-12-9-13(17-11-16-12)19-7-5-18(6-8-19)10-14(21)20-3-1-2-4-20/h9,11H,1-8,10H2,(H2,15,16,17). The minimum Gasteiger partial charge on any atom is -0.384 e. The molecule has 1 aromatic rings. The molecule has 114 valence electrons. The molecular formula is C14H22N6O. The number of amides is 1. The van der Waals surface area contributed by atoms with Crippen LogP contribution >= 0.6 is 0 Å². The van der Waals surface area contributed by atoms with Gasteiger partial charge in [-0.15, -0.1) is 0 Å². The second kappa shape index (κ2) is 6.26. The second-order valence-electron chi connectivity index (χ2n) is 5.65. The van der Waals surface area contributed by atoms with Gasteiger partial charge < -0.3 is 15.5 Å². The molecule has 0 radical (unpaired) electrons. The zero-order valence-corrected chi connectivity index (χ0v) is 12.2. The average Bonchev–Trinajstić information content (AvgIpc) is 3.02. The highest BCUT2D eigenvalue weighted by Crippen LogP contribution is 2.15. The van der Waals surface area contributed by atoms with E-state index in [1.54, 1.807) is 6.07 Å². The van der Waals surface area contributed by atoms with Gasteiger partial charge in [0, 0.05) is 45.3 Å². The minimum atomic E-state index is 0.271. The maximum Gasteiger partial charge on any atom is 0.236 e.